The fraction of sp³-hybridized carbons (Fsp3) is 0. The van der Waals surface area contributed by atoms with Crippen molar-refractivity contribution in [3.63, 3.8) is 0 Å². The normalized spacial score (nSPS) is 0. The zero-order valence-electron chi connectivity index (χ0n) is 1.82. The molecular weight excluding hydrogens is 178 g/mol. The third-order valence-corrected chi connectivity index (χ3v) is 0. The minimum absolute atomic E-state index is 0. The Balaban J connectivity index is 0. The first-order valence-corrected chi connectivity index (χ1v) is 0. The van der Waals surface area contributed by atoms with Gasteiger partial charge in [0.2, 0.25) is 0 Å². The van der Waals surface area contributed by atoms with Crippen LogP contribution in [0.3, 0.4) is 0 Å². The molecule has 0 amide bonds. The third-order valence-electron chi connectivity index (χ3n) is 0. The fourth-order valence-electron chi connectivity index (χ4n) is 0. The van der Waals surface area contributed by atoms with E-state index >= 15 is 0 Å². The molecule has 0 aromatic rings. The Morgan fingerprint density at radius 3 is 0.750 bits per heavy atom. The fourth-order valence-corrected chi connectivity index (χ4v) is 0. The van der Waals surface area contributed by atoms with Crippen molar-refractivity contribution in [2.45, 2.75) is 0 Å². The van der Waals surface area contributed by atoms with E-state index in [1.54, 1.807) is 0 Å². The van der Waals surface area contributed by atoms with Crippen LogP contribution in [-0.2, 0) is 26.2 Å². The van der Waals surface area contributed by atoms with Crippen LogP contribution in [0.5, 0.6) is 0 Å². The molecule has 0 atom stereocenters. The molecule has 0 heterocycles. The number of rotatable bonds is 0. The molecule has 0 aliphatic carbocycles. The summed E-state index contributed by atoms with van der Waals surface area (Å²) in [5.41, 5.74) is 0. The van der Waals surface area contributed by atoms with Crippen LogP contribution in [0, 0.1) is 0 Å². The van der Waals surface area contributed by atoms with E-state index in [-0.39, 0.29) is 56.5 Å². The SMILES string of the molecule is Cl.Cl.O.[Zr]. The molecule has 0 saturated heterocycles. The van der Waals surface area contributed by atoms with Gasteiger partial charge in [-0.05, 0) is 0 Å². The quantitative estimate of drug-likeness (QED) is 0.505. The van der Waals surface area contributed by atoms with E-state index in [1.165, 1.54) is 0 Å². The van der Waals surface area contributed by atoms with Crippen LogP contribution in [0.2, 0.25) is 0 Å². The summed E-state index contributed by atoms with van der Waals surface area (Å²) < 4.78 is 0. The molecule has 0 aliphatic rings. The molecule has 0 spiro atoms. The van der Waals surface area contributed by atoms with E-state index in [0.717, 1.165) is 0 Å². The van der Waals surface area contributed by atoms with Gasteiger partial charge < -0.3 is 5.48 Å². The van der Waals surface area contributed by atoms with E-state index in [0.29, 0.717) is 0 Å². The van der Waals surface area contributed by atoms with Crippen LogP contribution < -0.4 is 0 Å². The zero-order valence-corrected chi connectivity index (χ0v) is 5.91. The Morgan fingerprint density at radius 1 is 0.750 bits per heavy atom. The molecule has 4 heteroatoms. The first-order chi connectivity index (χ1) is 0. The van der Waals surface area contributed by atoms with Gasteiger partial charge >= 0.3 is 0 Å². The Bertz CT molecular complexity index is 6.00. The van der Waals surface area contributed by atoms with E-state index in [2.05, 4.69) is 0 Å². The van der Waals surface area contributed by atoms with Crippen molar-refractivity contribution in [1.29, 1.82) is 0 Å². The molecule has 0 radical (unpaired) electrons. The topological polar surface area (TPSA) is 31.5 Å². The molecule has 0 unspecified atom stereocenters. The van der Waals surface area contributed by atoms with Crippen LogP contribution in [0.4, 0.5) is 0 Å². The van der Waals surface area contributed by atoms with Crippen molar-refractivity contribution in [2.24, 2.45) is 0 Å². The summed E-state index contributed by atoms with van der Waals surface area (Å²) in [6.07, 6.45) is 0. The van der Waals surface area contributed by atoms with Gasteiger partial charge in [0.05, 0.1) is 0 Å². The summed E-state index contributed by atoms with van der Waals surface area (Å²) in [4.78, 5) is 0. The van der Waals surface area contributed by atoms with Crippen molar-refractivity contribution in [1.82, 2.24) is 0 Å². The second-order valence-corrected chi connectivity index (χ2v) is 0. The van der Waals surface area contributed by atoms with Crippen LogP contribution >= 0.6 is 24.8 Å². The molecule has 1 nitrogen and oxygen atoms in total. The second-order valence-electron chi connectivity index (χ2n) is 0. The molecule has 0 aromatic heterocycles. The first-order valence-electron chi connectivity index (χ1n) is 0. The summed E-state index contributed by atoms with van der Waals surface area (Å²) in [6, 6.07) is 0. The molecular formula is H4Cl2OZr. The molecule has 0 bridgehead atoms. The van der Waals surface area contributed by atoms with Gasteiger partial charge in [0, 0.05) is 26.2 Å². The van der Waals surface area contributed by atoms with Crippen LogP contribution in [0.15, 0.2) is 0 Å². The Hall–Kier alpha value is 1.42. The smallest absolute Gasteiger partial charge is 0 e. The van der Waals surface area contributed by atoms with Gasteiger partial charge in [-0.15, -0.1) is 24.8 Å². The average Bonchev–Trinajstić information content (AvgIpc) is 0. The largest absolute Gasteiger partial charge is 0.412 e. The zero-order chi connectivity index (χ0) is 0. The predicted octanol–water partition coefficient (Wildman–Crippen LogP) is 0.0164. The van der Waals surface area contributed by atoms with Crippen LogP contribution in [0.1, 0.15) is 0 Å². The van der Waals surface area contributed by atoms with Crippen molar-refractivity contribution in [3.05, 3.63) is 0 Å². The van der Waals surface area contributed by atoms with Crippen molar-refractivity contribution < 1.29 is 31.7 Å². The number of hydrogen-bond donors (Lipinski definition) is 0. The average molecular weight is 182 g/mol. The summed E-state index contributed by atoms with van der Waals surface area (Å²) in [5.74, 6) is 0. The third kappa shape index (κ3) is 9.92. The van der Waals surface area contributed by atoms with Gasteiger partial charge in [0.15, 0.2) is 0 Å². The van der Waals surface area contributed by atoms with E-state index < -0.39 is 0 Å². The maximum absolute atomic E-state index is 0. The monoisotopic (exact) mass is 180 g/mol. The maximum Gasteiger partial charge on any atom is 0 e. The van der Waals surface area contributed by atoms with E-state index in [9.17, 15) is 0 Å². The van der Waals surface area contributed by atoms with Crippen LogP contribution in [0.25, 0.3) is 0 Å². The Labute approximate surface area is 56.4 Å². The molecule has 4 heavy (non-hydrogen) atoms. The molecule has 0 aromatic carbocycles. The summed E-state index contributed by atoms with van der Waals surface area (Å²) in [7, 11) is 0. The molecule has 28 valence electrons. The van der Waals surface area contributed by atoms with Gasteiger partial charge in [-0.25, -0.2) is 0 Å². The Kier molecular flexibility index (Phi) is 335. The van der Waals surface area contributed by atoms with Crippen molar-refractivity contribution in [3.8, 4) is 0 Å². The summed E-state index contributed by atoms with van der Waals surface area (Å²) in [6.45, 7) is 0. The predicted molar refractivity (Wildman–Crippen MR) is 18.1 cm³/mol. The molecule has 0 aliphatic heterocycles. The standard InChI is InChI=1S/2ClH.H2O.Zr/h2*1H;1H2;. The Morgan fingerprint density at radius 2 is 0.750 bits per heavy atom. The maximum atomic E-state index is 0. The molecule has 0 rings (SSSR count). The van der Waals surface area contributed by atoms with Crippen LogP contribution in [-0.4, -0.2) is 5.48 Å². The summed E-state index contributed by atoms with van der Waals surface area (Å²) in [5, 5.41) is 0. The van der Waals surface area contributed by atoms with E-state index in [4.69, 9.17) is 0 Å². The number of hydrogen-bond acceptors (Lipinski definition) is 0. The van der Waals surface area contributed by atoms with E-state index in [1.807, 2.05) is 0 Å². The van der Waals surface area contributed by atoms with Gasteiger partial charge in [0.1, 0.15) is 0 Å². The first kappa shape index (κ1) is 52.4. The van der Waals surface area contributed by atoms with Gasteiger partial charge in [-0.1, -0.05) is 0 Å². The van der Waals surface area contributed by atoms with Crippen molar-refractivity contribution in [2.75, 3.05) is 0 Å². The van der Waals surface area contributed by atoms with Crippen molar-refractivity contribution >= 4 is 24.8 Å². The second kappa shape index (κ2) is 25.6. The molecule has 2 N–H and O–H groups in total. The number of halogens is 2. The van der Waals surface area contributed by atoms with Gasteiger partial charge in [-0.2, -0.15) is 0 Å². The van der Waals surface area contributed by atoms with Gasteiger partial charge in [0.25, 0.3) is 0 Å². The summed E-state index contributed by atoms with van der Waals surface area (Å²) >= 11 is 0. The molecule has 0 fully saturated rings. The van der Waals surface area contributed by atoms with Gasteiger partial charge in [-0.3, -0.25) is 0 Å². The molecule has 0 saturated carbocycles. The minimum atomic E-state index is 0. The minimum Gasteiger partial charge on any atom is -0.412 e.